The number of nitrogens with one attached hydrogen (secondary N) is 3. The van der Waals surface area contributed by atoms with Crippen molar-refractivity contribution in [2.24, 2.45) is 4.99 Å². The van der Waals surface area contributed by atoms with Gasteiger partial charge >= 0.3 is 0 Å². The molecule has 0 saturated carbocycles. The van der Waals surface area contributed by atoms with Crippen LogP contribution in [0.25, 0.3) is 0 Å². The van der Waals surface area contributed by atoms with Gasteiger partial charge in [0.05, 0.1) is 13.2 Å². The maximum absolute atomic E-state index is 11.7. The van der Waals surface area contributed by atoms with E-state index in [1.165, 1.54) is 18.4 Å². The summed E-state index contributed by atoms with van der Waals surface area (Å²) in [7, 11) is 1.69. The van der Waals surface area contributed by atoms with E-state index < -0.39 is 0 Å². The first-order chi connectivity index (χ1) is 12.6. The molecule has 0 bridgehead atoms. The van der Waals surface area contributed by atoms with E-state index in [9.17, 15) is 4.79 Å². The Kier molecular flexibility index (Phi) is 10.9. The molecule has 1 aromatic rings. The zero-order chi connectivity index (χ0) is 19.2. The molecule has 0 unspecified atom stereocenters. The van der Waals surface area contributed by atoms with Crippen LogP contribution < -0.4 is 20.7 Å². The number of guanidine groups is 1. The zero-order valence-corrected chi connectivity index (χ0v) is 16.7. The van der Waals surface area contributed by atoms with Crippen molar-refractivity contribution in [2.45, 2.75) is 53.0 Å². The number of hydrogen-bond acceptors (Lipinski definition) is 3. The number of nitrogens with zero attached hydrogens (tertiary/aromatic N) is 1. The molecule has 6 nitrogen and oxygen atoms in total. The van der Waals surface area contributed by atoms with Crippen molar-refractivity contribution in [3.05, 3.63) is 29.3 Å². The smallest absolute Gasteiger partial charge is 0.239 e. The highest BCUT2D eigenvalue weighted by atomic mass is 16.5. The number of unbranched alkanes of at least 4 members (excludes halogenated alkanes) is 2. The van der Waals surface area contributed by atoms with Crippen LogP contribution in [-0.2, 0) is 11.3 Å². The number of carbonyl (C=O) groups excluding carboxylic acids is 1. The fraction of sp³-hybridized carbons (Fsp3) is 0.600. The molecule has 0 atom stereocenters. The summed E-state index contributed by atoms with van der Waals surface area (Å²) in [6, 6.07) is 6.21. The van der Waals surface area contributed by atoms with E-state index in [1.807, 2.05) is 6.92 Å². The summed E-state index contributed by atoms with van der Waals surface area (Å²) in [4.78, 5) is 15.8. The summed E-state index contributed by atoms with van der Waals surface area (Å²) in [6.45, 7) is 8.48. The van der Waals surface area contributed by atoms with E-state index in [4.69, 9.17) is 4.74 Å². The molecule has 1 rings (SSSR count). The number of aryl methyl sites for hydroxylation is 1. The van der Waals surface area contributed by atoms with E-state index >= 15 is 0 Å². The second-order valence-corrected chi connectivity index (χ2v) is 6.30. The predicted molar refractivity (Wildman–Crippen MR) is 108 cm³/mol. The average Bonchev–Trinajstić information content (AvgIpc) is 2.64. The minimum atomic E-state index is -0.0370. The second-order valence-electron chi connectivity index (χ2n) is 6.30. The van der Waals surface area contributed by atoms with Crippen LogP contribution in [0, 0.1) is 6.92 Å². The third-order valence-corrected chi connectivity index (χ3v) is 3.89. The normalized spacial score (nSPS) is 11.2. The summed E-state index contributed by atoms with van der Waals surface area (Å²) in [5, 5.41) is 9.09. The number of ether oxygens (including phenoxy) is 1. The van der Waals surface area contributed by atoms with Crippen LogP contribution >= 0.6 is 0 Å². The van der Waals surface area contributed by atoms with Gasteiger partial charge in [-0.2, -0.15) is 0 Å². The molecular weight excluding hydrogens is 328 g/mol. The first-order valence-corrected chi connectivity index (χ1v) is 9.54. The van der Waals surface area contributed by atoms with Gasteiger partial charge in [0.1, 0.15) is 5.75 Å². The summed E-state index contributed by atoms with van der Waals surface area (Å²) >= 11 is 0. The van der Waals surface area contributed by atoms with Gasteiger partial charge in [-0.15, -0.1) is 0 Å². The minimum Gasteiger partial charge on any atom is -0.493 e. The minimum absolute atomic E-state index is 0.0370. The summed E-state index contributed by atoms with van der Waals surface area (Å²) in [5.74, 6) is 1.46. The van der Waals surface area contributed by atoms with Gasteiger partial charge in [-0.05, 0) is 31.4 Å². The van der Waals surface area contributed by atoms with Crippen molar-refractivity contribution in [2.75, 3.05) is 26.7 Å². The van der Waals surface area contributed by atoms with E-state index in [0.717, 1.165) is 30.8 Å². The van der Waals surface area contributed by atoms with Gasteiger partial charge in [-0.1, -0.05) is 38.8 Å². The molecule has 3 N–H and O–H groups in total. The lowest BCUT2D eigenvalue weighted by molar-refractivity contribution is -0.120. The largest absolute Gasteiger partial charge is 0.493 e. The zero-order valence-electron chi connectivity index (χ0n) is 16.7. The lowest BCUT2D eigenvalue weighted by Gasteiger charge is -2.15. The van der Waals surface area contributed by atoms with Gasteiger partial charge in [-0.3, -0.25) is 9.79 Å². The van der Waals surface area contributed by atoms with Crippen molar-refractivity contribution in [1.29, 1.82) is 0 Å². The van der Waals surface area contributed by atoms with Crippen molar-refractivity contribution in [3.8, 4) is 5.75 Å². The van der Waals surface area contributed by atoms with Gasteiger partial charge in [0.2, 0.25) is 5.91 Å². The van der Waals surface area contributed by atoms with E-state index in [0.29, 0.717) is 19.0 Å². The molecule has 146 valence electrons. The summed E-state index contributed by atoms with van der Waals surface area (Å²) < 4.78 is 5.96. The van der Waals surface area contributed by atoms with Crippen molar-refractivity contribution in [1.82, 2.24) is 16.0 Å². The maximum atomic E-state index is 11.7. The van der Waals surface area contributed by atoms with Gasteiger partial charge < -0.3 is 20.7 Å². The van der Waals surface area contributed by atoms with Crippen molar-refractivity contribution >= 4 is 11.9 Å². The summed E-state index contributed by atoms with van der Waals surface area (Å²) in [5.41, 5.74) is 2.25. The molecule has 1 aromatic carbocycles. The fourth-order valence-electron chi connectivity index (χ4n) is 2.37. The Morgan fingerprint density at radius 1 is 1.12 bits per heavy atom. The van der Waals surface area contributed by atoms with Crippen LogP contribution in [0.2, 0.25) is 0 Å². The van der Waals surface area contributed by atoms with E-state index in [2.05, 4.69) is 53.0 Å². The molecule has 0 heterocycles. The molecule has 0 fully saturated rings. The Hall–Kier alpha value is -2.24. The monoisotopic (exact) mass is 362 g/mol. The molecular formula is C20H34N4O2. The molecule has 0 saturated heterocycles. The molecule has 0 aliphatic carbocycles. The second kappa shape index (κ2) is 13.0. The highest BCUT2D eigenvalue weighted by molar-refractivity contribution is 5.86. The Bertz CT molecular complexity index is 573. The molecule has 0 aliphatic heterocycles. The molecule has 0 spiro atoms. The molecule has 0 aliphatic rings. The van der Waals surface area contributed by atoms with Crippen LogP contribution in [0.15, 0.2) is 23.2 Å². The average molecular weight is 363 g/mol. The predicted octanol–water partition coefficient (Wildman–Crippen LogP) is 2.76. The lowest BCUT2D eigenvalue weighted by Crippen LogP contribution is -2.43. The summed E-state index contributed by atoms with van der Waals surface area (Å²) in [6.07, 6.45) is 4.34. The topological polar surface area (TPSA) is 74.8 Å². The number of aliphatic imine (C=N–C) groups is 1. The Balaban J connectivity index is 2.54. The van der Waals surface area contributed by atoms with E-state index in [-0.39, 0.29) is 12.5 Å². The number of carbonyl (C=O) groups is 1. The quantitative estimate of drug-likeness (QED) is 0.321. The first-order valence-electron chi connectivity index (χ1n) is 9.54. The van der Waals surface area contributed by atoms with E-state index in [1.54, 1.807) is 7.05 Å². The van der Waals surface area contributed by atoms with Crippen LogP contribution in [0.1, 0.15) is 50.7 Å². The van der Waals surface area contributed by atoms with Gasteiger partial charge in [0.15, 0.2) is 5.96 Å². The van der Waals surface area contributed by atoms with Crippen molar-refractivity contribution in [3.63, 3.8) is 0 Å². The number of amides is 1. The molecule has 6 heteroatoms. The van der Waals surface area contributed by atoms with Crippen LogP contribution in [-0.4, -0.2) is 38.6 Å². The highest BCUT2D eigenvalue weighted by Crippen LogP contribution is 2.20. The first kappa shape index (κ1) is 21.8. The Morgan fingerprint density at radius 3 is 2.62 bits per heavy atom. The third kappa shape index (κ3) is 8.74. The van der Waals surface area contributed by atoms with Gasteiger partial charge in [0.25, 0.3) is 0 Å². The van der Waals surface area contributed by atoms with Crippen molar-refractivity contribution < 1.29 is 9.53 Å². The number of rotatable bonds is 11. The van der Waals surface area contributed by atoms with Crippen LogP contribution in [0.4, 0.5) is 0 Å². The van der Waals surface area contributed by atoms with Gasteiger partial charge in [0, 0.05) is 25.7 Å². The third-order valence-electron chi connectivity index (χ3n) is 3.89. The molecule has 0 aromatic heterocycles. The Labute approximate surface area is 157 Å². The maximum Gasteiger partial charge on any atom is 0.239 e. The molecule has 1 amide bonds. The standard InChI is InChI=1S/C20H34N4O2/c1-5-7-8-12-26-18-13-16(3)9-10-17(18)14-23-20(21-4)24-15-19(25)22-11-6-2/h9-10,13H,5-8,11-12,14-15H2,1-4H3,(H,22,25)(H2,21,23,24). The SMILES string of the molecule is CCCCCOc1cc(C)ccc1CNC(=NC)NCC(=O)NCCC. The lowest BCUT2D eigenvalue weighted by atomic mass is 10.1. The van der Waals surface area contributed by atoms with Crippen LogP contribution in [0.3, 0.4) is 0 Å². The molecule has 26 heavy (non-hydrogen) atoms. The van der Waals surface area contributed by atoms with Crippen LogP contribution in [0.5, 0.6) is 5.75 Å². The highest BCUT2D eigenvalue weighted by Gasteiger charge is 2.07. The van der Waals surface area contributed by atoms with Gasteiger partial charge in [-0.25, -0.2) is 0 Å². The fourth-order valence-corrected chi connectivity index (χ4v) is 2.37. The number of benzene rings is 1. The number of hydrogen-bond donors (Lipinski definition) is 3. The Morgan fingerprint density at radius 2 is 1.92 bits per heavy atom. The molecule has 0 radical (unpaired) electrons.